The topological polar surface area (TPSA) is 99.9 Å². The zero-order valence-electron chi connectivity index (χ0n) is 25.6. The summed E-state index contributed by atoms with van der Waals surface area (Å²) in [5.74, 6) is 0. The fourth-order valence-electron chi connectivity index (χ4n) is 4.54. The van der Waals surface area contributed by atoms with Crippen molar-refractivity contribution >= 4 is 28.4 Å². The predicted octanol–water partition coefficient (Wildman–Crippen LogP) is 7.98. The van der Waals surface area contributed by atoms with Crippen LogP contribution in [-0.4, -0.2) is 48.0 Å². The average Bonchev–Trinajstić information content (AvgIpc) is 2.80. The van der Waals surface area contributed by atoms with E-state index in [1.165, 1.54) is 6.07 Å². The van der Waals surface area contributed by atoms with Gasteiger partial charge in [-0.25, -0.2) is 4.79 Å². The quantitative estimate of drug-likeness (QED) is 0.168. The van der Waals surface area contributed by atoms with Crippen LogP contribution in [0.25, 0.3) is 0 Å². The molecule has 0 heterocycles. The largest absolute Gasteiger partial charge is 0.441 e. The number of ether oxygens (including phenoxy) is 1. The lowest BCUT2D eigenvalue weighted by Crippen LogP contribution is -2.54. The number of carbonyl (C=O) groups is 1. The third kappa shape index (κ3) is 9.19. The number of hydrogen-bond donors (Lipinski definition) is 1. The van der Waals surface area contributed by atoms with Crippen LogP contribution < -0.4 is 5.32 Å². The Kier molecular flexibility index (Phi) is 14.3. The zero-order valence-corrected chi connectivity index (χ0v) is 27.6. The number of aryl methyl sites for hydroxylation is 2. The van der Waals surface area contributed by atoms with Gasteiger partial charge in [0, 0.05) is 26.5 Å². The lowest BCUT2D eigenvalue weighted by atomic mass is 10.0. The Bertz CT molecular complexity index is 874. The molecule has 1 N–H and O–H groups in total. The van der Waals surface area contributed by atoms with E-state index >= 15 is 0 Å². The van der Waals surface area contributed by atoms with Crippen LogP contribution in [-0.2, 0) is 13.6 Å². The zero-order chi connectivity index (χ0) is 29.3. The number of alkyl carbamates (subject to hydrolysis) is 1. The van der Waals surface area contributed by atoms with E-state index in [2.05, 4.69) is 67.3 Å². The number of rotatable bonds is 11. The minimum absolute atomic E-state index is 0.0385. The van der Waals surface area contributed by atoms with E-state index in [1.807, 2.05) is 21.0 Å². The Labute approximate surface area is 227 Å². The summed E-state index contributed by atoms with van der Waals surface area (Å²) >= 11 is 0. The van der Waals surface area contributed by atoms with Crippen molar-refractivity contribution in [3.63, 3.8) is 0 Å². The van der Waals surface area contributed by atoms with Crippen molar-refractivity contribution in [3.8, 4) is 0 Å². The highest BCUT2D eigenvalue weighted by Crippen LogP contribution is 2.34. The smallest absolute Gasteiger partial charge is 0.407 e. The van der Waals surface area contributed by atoms with Crippen LogP contribution in [0, 0.1) is 24.0 Å². The molecule has 0 saturated heterocycles. The van der Waals surface area contributed by atoms with E-state index in [-0.39, 0.29) is 5.69 Å². The average molecular weight is 557 g/mol. The highest BCUT2D eigenvalue weighted by molar-refractivity contribution is 6.76. The molecule has 0 aliphatic carbocycles. The summed E-state index contributed by atoms with van der Waals surface area (Å²) in [5.41, 5.74) is 4.17. The molecule has 0 radical (unpaired) electrons. The van der Waals surface area contributed by atoms with Gasteiger partial charge in [-0.15, -0.1) is 0 Å². The Morgan fingerprint density at radius 3 is 1.68 bits per heavy atom. The predicted molar refractivity (Wildman–Crippen MR) is 157 cm³/mol. The standard InChI is InChI=1S/C19H32N2O5Si.C8H20OSi/c1-12(2)27(25-8,13(3)4)11-20-19(22)26-16(7)17-9-14(5)15(6)10-18(17)21(23)24;1-7(2)10(6,9-5)8(3)4/h9-10,12-13,16H,11H2,1-8H3,(H,20,22);7-8H,1-6H3. The monoisotopic (exact) mass is 556 g/mol. The van der Waals surface area contributed by atoms with Crippen molar-refractivity contribution < 1.29 is 23.3 Å². The summed E-state index contributed by atoms with van der Waals surface area (Å²) < 4.78 is 16.9. The second kappa shape index (κ2) is 15.0. The summed E-state index contributed by atoms with van der Waals surface area (Å²) in [7, 11) is -0.0126. The summed E-state index contributed by atoms with van der Waals surface area (Å²) in [5, 5.41) is 14.2. The third-order valence-electron chi connectivity index (χ3n) is 8.14. The highest BCUT2D eigenvalue weighted by Gasteiger charge is 2.41. The van der Waals surface area contributed by atoms with Gasteiger partial charge in [0.2, 0.25) is 8.32 Å². The van der Waals surface area contributed by atoms with Gasteiger partial charge < -0.3 is 18.9 Å². The van der Waals surface area contributed by atoms with Gasteiger partial charge in [0.1, 0.15) is 6.10 Å². The van der Waals surface area contributed by atoms with Crippen molar-refractivity contribution in [3.05, 3.63) is 38.9 Å². The van der Waals surface area contributed by atoms with Crippen molar-refractivity contribution in [2.75, 3.05) is 20.4 Å². The summed E-state index contributed by atoms with van der Waals surface area (Å²) in [6.45, 7) is 25.1. The summed E-state index contributed by atoms with van der Waals surface area (Å²) in [6.07, 6.45) is -0.897. The van der Waals surface area contributed by atoms with Crippen LogP contribution in [0.3, 0.4) is 0 Å². The van der Waals surface area contributed by atoms with Crippen LogP contribution in [0.4, 0.5) is 10.5 Å². The maximum atomic E-state index is 12.3. The number of carbonyl (C=O) groups excluding carboxylic acids is 1. The van der Waals surface area contributed by atoms with Crippen LogP contribution in [0.2, 0.25) is 28.7 Å². The number of nitrogens with zero attached hydrogens (tertiary/aromatic N) is 1. The molecule has 214 valence electrons. The molecular formula is C27H52N2O6Si2. The minimum Gasteiger partial charge on any atom is -0.441 e. The molecule has 1 aromatic rings. The van der Waals surface area contributed by atoms with Gasteiger partial charge in [0.15, 0.2) is 8.32 Å². The normalized spacial score (nSPS) is 13.0. The van der Waals surface area contributed by atoms with Crippen molar-refractivity contribution in [2.24, 2.45) is 0 Å². The van der Waals surface area contributed by atoms with E-state index in [4.69, 9.17) is 13.6 Å². The maximum absolute atomic E-state index is 12.3. The molecule has 0 bridgehead atoms. The molecule has 1 unspecified atom stereocenters. The van der Waals surface area contributed by atoms with Crippen molar-refractivity contribution in [1.29, 1.82) is 0 Å². The lowest BCUT2D eigenvalue weighted by molar-refractivity contribution is -0.386. The second-order valence-corrected chi connectivity index (χ2v) is 21.4. The fourth-order valence-corrected chi connectivity index (χ4v) is 10.5. The number of hydrogen-bond acceptors (Lipinski definition) is 6. The first-order chi connectivity index (χ1) is 16.9. The molecule has 0 fully saturated rings. The molecule has 37 heavy (non-hydrogen) atoms. The molecule has 0 saturated carbocycles. The van der Waals surface area contributed by atoms with Crippen LogP contribution in [0.1, 0.15) is 85.1 Å². The number of benzene rings is 1. The van der Waals surface area contributed by atoms with E-state index in [1.54, 1.807) is 20.1 Å². The van der Waals surface area contributed by atoms with Gasteiger partial charge in [-0.1, -0.05) is 55.4 Å². The van der Waals surface area contributed by atoms with Gasteiger partial charge in [-0.05, 0) is 66.7 Å². The number of nitro benzene ring substituents is 1. The van der Waals surface area contributed by atoms with E-state index in [9.17, 15) is 14.9 Å². The first-order valence-electron chi connectivity index (χ1n) is 13.2. The maximum Gasteiger partial charge on any atom is 0.407 e. The lowest BCUT2D eigenvalue weighted by Gasteiger charge is -2.37. The Morgan fingerprint density at radius 2 is 1.35 bits per heavy atom. The molecule has 10 heteroatoms. The SMILES string of the molecule is CO[Si](C)(C(C)C)C(C)C.CO[Si](CNC(=O)OC(C)c1cc(C)c(C)cc1[N+](=O)[O-])(C(C)C)C(C)C. The molecule has 1 amide bonds. The molecule has 0 spiro atoms. The van der Waals surface area contributed by atoms with Gasteiger partial charge in [0.25, 0.3) is 5.69 Å². The highest BCUT2D eigenvalue weighted by atomic mass is 28.4. The molecule has 1 rings (SSSR count). The molecule has 0 aliphatic rings. The van der Waals surface area contributed by atoms with Crippen molar-refractivity contribution in [2.45, 2.75) is 111 Å². The molecule has 1 aromatic carbocycles. The van der Waals surface area contributed by atoms with E-state index in [0.29, 0.717) is 22.8 Å². The first-order valence-corrected chi connectivity index (χ1v) is 18.0. The first kappa shape index (κ1) is 35.2. The van der Waals surface area contributed by atoms with Gasteiger partial charge >= 0.3 is 6.09 Å². The van der Waals surface area contributed by atoms with Gasteiger partial charge in [-0.3, -0.25) is 10.1 Å². The fraction of sp³-hybridized carbons (Fsp3) is 0.741. The van der Waals surface area contributed by atoms with Crippen LogP contribution in [0.15, 0.2) is 12.1 Å². The molecule has 8 nitrogen and oxygen atoms in total. The van der Waals surface area contributed by atoms with Gasteiger partial charge in [0.05, 0.1) is 10.5 Å². The minimum atomic E-state index is -2.18. The van der Waals surface area contributed by atoms with E-state index in [0.717, 1.165) is 22.2 Å². The molecular weight excluding hydrogens is 504 g/mol. The Morgan fingerprint density at radius 1 is 0.892 bits per heavy atom. The number of nitro groups is 1. The Balaban J connectivity index is 0.00000109. The van der Waals surface area contributed by atoms with E-state index < -0.39 is 33.8 Å². The van der Waals surface area contributed by atoms with Crippen LogP contribution in [0.5, 0.6) is 0 Å². The van der Waals surface area contributed by atoms with Crippen LogP contribution >= 0.6 is 0 Å². The second-order valence-electron chi connectivity index (χ2n) is 11.3. The summed E-state index contributed by atoms with van der Waals surface area (Å²) in [4.78, 5) is 23.2. The third-order valence-corrected chi connectivity index (χ3v) is 19.0. The number of amides is 1. The molecule has 0 aromatic heterocycles. The summed E-state index contributed by atoms with van der Waals surface area (Å²) in [6, 6.07) is 3.23. The molecule has 0 aliphatic heterocycles. The van der Waals surface area contributed by atoms with Gasteiger partial charge in [-0.2, -0.15) is 0 Å². The van der Waals surface area contributed by atoms with Crippen molar-refractivity contribution in [1.82, 2.24) is 5.32 Å². The molecule has 1 atom stereocenters. The number of nitrogens with one attached hydrogen (secondary N) is 1. The Hall–Kier alpha value is -1.76.